The zero-order valence-electron chi connectivity index (χ0n) is 12.9. The number of benzene rings is 1. The third-order valence-electron chi connectivity index (χ3n) is 4.04. The Labute approximate surface area is 127 Å². The van der Waals surface area contributed by atoms with Crippen LogP contribution < -0.4 is 5.73 Å². The molecule has 0 radical (unpaired) electrons. The van der Waals surface area contributed by atoms with Crippen molar-refractivity contribution in [2.45, 2.75) is 31.2 Å². The van der Waals surface area contributed by atoms with E-state index in [1.165, 1.54) is 0 Å². The highest BCUT2D eigenvalue weighted by Gasteiger charge is 2.28. The average Bonchev–Trinajstić information content (AvgIpc) is 2.71. The van der Waals surface area contributed by atoms with Crippen LogP contribution in [0.1, 0.15) is 24.5 Å². The molecule has 118 valence electrons. The normalized spacial score (nSPS) is 18.6. The Morgan fingerprint density at radius 1 is 1.19 bits per heavy atom. The zero-order valence-corrected chi connectivity index (χ0v) is 13.7. The van der Waals surface area contributed by atoms with E-state index >= 15 is 0 Å². The van der Waals surface area contributed by atoms with Gasteiger partial charge >= 0.3 is 0 Å². The zero-order chi connectivity index (χ0) is 15.5. The van der Waals surface area contributed by atoms with Crippen molar-refractivity contribution < 1.29 is 8.42 Å². The summed E-state index contributed by atoms with van der Waals surface area (Å²) in [7, 11) is -1.40. The van der Waals surface area contributed by atoms with Crippen molar-refractivity contribution in [2.24, 2.45) is 5.73 Å². The number of rotatable bonds is 4. The van der Waals surface area contributed by atoms with Gasteiger partial charge in [0.2, 0.25) is 10.0 Å². The summed E-state index contributed by atoms with van der Waals surface area (Å²) in [5.41, 5.74) is 7.38. The van der Waals surface area contributed by atoms with Crippen LogP contribution in [0.15, 0.2) is 23.1 Å². The second-order valence-electron chi connectivity index (χ2n) is 5.56. The van der Waals surface area contributed by atoms with Gasteiger partial charge in [0.15, 0.2) is 0 Å². The molecular formula is C15H25N3O2S. The Balaban J connectivity index is 2.38. The van der Waals surface area contributed by atoms with Crippen LogP contribution in [-0.2, 0) is 23.0 Å². The third-order valence-corrected chi connectivity index (χ3v) is 6.03. The van der Waals surface area contributed by atoms with Crippen LogP contribution in [0.4, 0.5) is 0 Å². The van der Waals surface area contributed by atoms with Crippen molar-refractivity contribution in [2.75, 3.05) is 33.2 Å². The van der Waals surface area contributed by atoms with Crippen molar-refractivity contribution in [1.29, 1.82) is 0 Å². The number of hydrogen-bond acceptors (Lipinski definition) is 4. The van der Waals surface area contributed by atoms with Gasteiger partial charge in [-0.3, -0.25) is 0 Å². The Morgan fingerprint density at radius 2 is 1.95 bits per heavy atom. The fraction of sp³-hybridized carbons (Fsp3) is 0.600. The molecule has 0 aliphatic carbocycles. The van der Waals surface area contributed by atoms with E-state index in [1.807, 2.05) is 26.1 Å². The predicted octanol–water partition coefficient (Wildman–Crippen LogP) is 1.03. The monoisotopic (exact) mass is 311 g/mol. The second-order valence-corrected chi connectivity index (χ2v) is 7.47. The Morgan fingerprint density at radius 3 is 2.62 bits per heavy atom. The van der Waals surface area contributed by atoms with Crippen molar-refractivity contribution in [3.63, 3.8) is 0 Å². The number of nitrogens with two attached hydrogens (primary N) is 1. The molecule has 1 fully saturated rings. The van der Waals surface area contributed by atoms with Crippen LogP contribution in [0.3, 0.4) is 0 Å². The molecule has 0 atom stereocenters. The Hall–Kier alpha value is -0.950. The third kappa shape index (κ3) is 3.63. The Bertz CT molecular complexity index is 587. The van der Waals surface area contributed by atoms with Crippen LogP contribution in [0, 0.1) is 0 Å². The summed E-state index contributed by atoms with van der Waals surface area (Å²) in [6.45, 7) is 5.19. The molecule has 0 unspecified atom stereocenters. The number of aryl methyl sites for hydroxylation is 1. The van der Waals surface area contributed by atoms with E-state index in [0.29, 0.717) is 31.0 Å². The molecule has 1 heterocycles. The molecule has 1 aliphatic heterocycles. The minimum atomic E-state index is -3.43. The average molecular weight is 311 g/mol. The van der Waals surface area contributed by atoms with E-state index in [2.05, 4.69) is 4.90 Å². The molecule has 2 rings (SSSR count). The molecule has 1 saturated heterocycles. The Kier molecular flexibility index (Phi) is 5.37. The van der Waals surface area contributed by atoms with Gasteiger partial charge in [-0.1, -0.05) is 19.1 Å². The molecule has 6 heteroatoms. The molecule has 0 amide bonds. The first-order valence-electron chi connectivity index (χ1n) is 7.49. The van der Waals surface area contributed by atoms with Crippen LogP contribution in [0.5, 0.6) is 0 Å². The summed E-state index contributed by atoms with van der Waals surface area (Å²) in [5, 5.41) is 0. The first-order valence-corrected chi connectivity index (χ1v) is 8.93. The van der Waals surface area contributed by atoms with Crippen LogP contribution in [-0.4, -0.2) is 50.8 Å². The fourth-order valence-electron chi connectivity index (χ4n) is 2.66. The first-order chi connectivity index (χ1) is 9.98. The SMILES string of the molecule is CCc1ccc(CN)cc1S(=O)(=O)N1CCCN(C)CC1. The van der Waals surface area contributed by atoms with Gasteiger partial charge in [0.25, 0.3) is 0 Å². The maximum absolute atomic E-state index is 13.0. The summed E-state index contributed by atoms with van der Waals surface area (Å²) in [5.74, 6) is 0. The van der Waals surface area contributed by atoms with Crippen molar-refractivity contribution >= 4 is 10.0 Å². The van der Waals surface area contributed by atoms with Crippen molar-refractivity contribution in [1.82, 2.24) is 9.21 Å². The highest BCUT2D eigenvalue weighted by atomic mass is 32.2. The van der Waals surface area contributed by atoms with E-state index in [9.17, 15) is 8.42 Å². The van der Waals surface area contributed by atoms with Gasteiger partial charge < -0.3 is 10.6 Å². The maximum Gasteiger partial charge on any atom is 0.243 e. The van der Waals surface area contributed by atoms with Gasteiger partial charge in [0.05, 0.1) is 4.90 Å². The number of sulfonamides is 1. The summed E-state index contributed by atoms with van der Waals surface area (Å²) >= 11 is 0. The molecule has 0 saturated carbocycles. The minimum Gasteiger partial charge on any atom is -0.326 e. The lowest BCUT2D eigenvalue weighted by molar-refractivity contribution is 0.347. The van der Waals surface area contributed by atoms with E-state index in [4.69, 9.17) is 5.73 Å². The van der Waals surface area contributed by atoms with Crippen LogP contribution >= 0.6 is 0 Å². The minimum absolute atomic E-state index is 0.356. The van der Waals surface area contributed by atoms with Gasteiger partial charge in [0, 0.05) is 26.2 Å². The largest absolute Gasteiger partial charge is 0.326 e. The molecule has 0 spiro atoms. The van der Waals surface area contributed by atoms with E-state index in [-0.39, 0.29) is 0 Å². The van der Waals surface area contributed by atoms with E-state index in [0.717, 1.165) is 30.6 Å². The standard InChI is InChI=1S/C15H25N3O2S/c1-3-14-6-5-13(12-16)11-15(14)21(19,20)18-8-4-7-17(2)9-10-18/h5-6,11H,3-4,7-10,12,16H2,1-2H3. The van der Waals surface area contributed by atoms with Gasteiger partial charge in [-0.2, -0.15) is 4.31 Å². The van der Waals surface area contributed by atoms with Gasteiger partial charge in [-0.05, 0) is 43.6 Å². The fourth-order valence-corrected chi connectivity index (χ4v) is 4.47. The highest BCUT2D eigenvalue weighted by Crippen LogP contribution is 2.23. The quantitative estimate of drug-likeness (QED) is 0.902. The summed E-state index contributed by atoms with van der Waals surface area (Å²) in [6, 6.07) is 5.54. The van der Waals surface area contributed by atoms with E-state index < -0.39 is 10.0 Å². The number of nitrogens with zero attached hydrogens (tertiary/aromatic N) is 2. The molecule has 21 heavy (non-hydrogen) atoms. The molecule has 5 nitrogen and oxygen atoms in total. The molecule has 1 aromatic rings. The lowest BCUT2D eigenvalue weighted by Crippen LogP contribution is -2.35. The summed E-state index contributed by atoms with van der Waals surface area (Å²) in [6.07, 6.45) is 1.57. The first kappa shape index (κ1) is 16.4. The summed E-state index contributed by atoms with van der Waals surface area (Å²) < 4.78 is 27.5. The molecule has 2 N–H and O–H groups in total. The molecule has 0 bridgehead atoms. The van der Waals surface area contributed by atoms with Crippen molar-refractivity contribution in [3.05, 3.63) is 29.3 Å². The number of hydrogen-bond donors (Lipinski definition) is 1. The van der Waals surface area contributed by atoms with Gasteiger partial charge in [-0.25, -0.2) is 8.42 Å². The van der Waals surface area contributed by atoms with Gasteiger partial charge in [0.1, 0.15) is 0 Å². The maximum atomic E-state index is 13.0. The molecule has 1 aliphatic rings. The predicted molar refractivity (Wildman–Crippen MR) is 84.6 cm³/mol. The second kappa shape index (κ2) is 6.87. The lowest BCUT2D eigenvalue weighted by Gasteiger charge is -2.22. The molecule has 0 aromatic heterocycles. The van der Waals surface area contributed by atoms with Crippen LogP contribution in [0.2, 0.25) is 0 Å². The van der Waals surface area contributed by atoms with Gasteiger partial charge in [-0.15, -0.1) is 0 Å². The number of likely N-dealkylation sites (N-methyl/N-ethyl adjacent to an activating group) is 1. The lowest BCUT2D eigenvalue weighted by atomic mass is 10.1. The summed E-state index contributed by atoms with van der Waals surface area (Å²) in [4.78, 5) is 2.60. The topological polar surface area (TPSA) is 66.6 Å². The highest BCUT2D eigenvalue weighted by molar-refractivity contribution is 7.89. The van der Waals surface area contributed by atoms with Crippen LogP contribution in [0.25, 0.3) is 0 Å². The smallest absolute Gasteiger partial charge is 0.243 e. The van der Waals surface area contributed by atoms with Crippen molar-refractivity contribution in [3.8, 4) is 0 Å². The molecular weight excluding hydrogens is 286 g/mol. The molecule has 1 aromatic carbocycles. The van der Waals surface area contributed by atoms with E-state index in [1.54, 1.807) is 10.4 Å².